The van der Waals surface area contributed by atoms with Gasteiger partial charge in [0.15, 0.2) is 6.61 Å². The Hall–Kier alpha value is -4.71. The minimum Gasteiger partial charge on any atom is -0.482 e. The van der Waals surface area contributed by atoms with E-state index in [1.54, 1.807) is 48.5 Å². The van der Waals surface area contributed by atoms with E-state index in [9.17, 15) is 31.9 Å². The van der Waals surface area contributed by atoms with Gasteiger partial charge in [0.2, 0.25) is 0 Å². The quantitative estimate of drug-likeness (QED) is 0.260. The Morgan fingerprint density at radius 2 is 1.64 bits per heavy atom. The minimum atomic E-state index is -4.88. The van der Waals surface area contributed by atoms with Crippen LogP contribution in [-0.2, 0) is 24.1 Å². The van der Waals surface area contributed by atoms with Crippen molar-refractivity contribution in [1.82, 2.24) is 9.13 Å². The van der Waals surface area contributed by atoms with Gasteiger partial charge in [0.25, 0.3) is 5.56 Å². The van der Waals surface area contributed by atoms with E-state index in [0.717, 1.165) is 27.3 Å². The van der Waals surface area contributed by atoms with Crippen molar-refractivity contribution >= 4 is 5.97 Å². The normalized spacial score (nSPS) is 12.2. The molecule has 1 heterocycles. The molecule has 220 valence electrons. The maximum absolute atomic E-state index is 14.8. The molecule has 0 unspecified atom stereocenters. The molecule has 0 amide bonds. The number of halogens is 4. The second-order valence-corrected chi connectivity index (χ2v) is 9.53. The van der Waals surface area contributed by atoms with Crippen molar-refractivity contribution in [2.45, 2.75) is 38.7 Å². The monoisotopic (exact) mass is 585 g/mol. The van der Waals surface area contributed by atoms with Crippen molar-refractivity contribution < 1.29 is 32.2 Å². The first-order chi connectivity index (χ1) is 19.9. The minimum absolute atomic E-state index is 0.00732. The number of nitrogens with two attached hydrogens (primary N) is 1. The highest BCUT2D eigenvalue weighted by atomic mass is 19.4. The van der Waals surface area contributed by atoms with Crippen molar-refractivity contribution in [2.24, 2.45) is 5.73 Å². The fraction of sp³-hybridized carbons (Fsp3) is 0.233. The Labute approximate surface area is 237 Å². The third kappa shape index (κ3) is 6.44. The molecule has 8 nitrogen and oxygen atoms in total. The van der Waals surface area contributed by atoms with Crippen LogP contribution in [0.1, 0.15) is 34.8 Å². The second kappa shape index (κ2) is 12.4. The van der Waals surface area contributed by atoms with Gasteiger partial charge in [0.05, 0.1) is 17.7 Å². The third-order valence-corrected chi connectivity index (χ3v) is 6.82. The standard InChI is InChI=1S/C30H27F4N3O5/c1-18-27(19-8-3-2-4-9-19)28(40)36(15-14-24(35)20-10-5-6-13-25(20)42-17-26(38)39)29(41)37(18)16-21-22(30(32,33)34)11-7-12-23(21)31/h2-13,24H,14-17,35H2,1H3,(H,38,39)/t24-/m0/s1. The van der Waals surface area contributed by atoms with Gasteiger partial charge in [0, 0.05) is 29.4 Å². The molecule has 1 atom stereocenters. The molecule has 0 saturated carbocycles. The number of rotatable bonds is 10. The Morgan fingerprint density at radius 3 is 2.31 bits per heavy atom. The average Bonchev–Trinajstić information content (AvgIpc) is 2.94. The molecule has 0 aliphatic carbocycles. The zero-order valence-electron chi connectivity index (χ0n) is 22.4. The maximum Gasteiger partial charge on any atom is 0.416 e. The summed E-state index contributed by atoms with van der Waals surface area (Å²) in [5.74, 6) is -2.12. The molecule has 3 aromatic carbocycles. The van der Waals surface area contributed by atoms with Crippen molar-refractivity contribution in [2.75, 3.05) is 6.61 Å². The summed E-state index contributed by atoms with van der Waals surface area (Å²) in [6, 6.07) is 16.5. The molecule has 0 fully saturated rings. The lowest BCUT2D eigenvalue weighted by Gasteiger charge is -2.21. The Morgan fingerprint density at radius 1 is 0.976 bits per heavy atom. The van der Waals surface area contributed by atoms with E-state index in [1.165, 1.54) is 13.0 Å². The number of aliphatic carboxylic acids is 1. The Kier molecular flexibility index (Phi) is 8.96. The lowest BCUT2D eigenvalue weighted by atomic mass is 10.0. The molecule has 4 aromatic rings. The molecule has 0 aliphatic rings. The number of para-hydroxylation sites is 1. The number of carboxylic acid groups (broad SMARTS) is 1. The zero-order valence-corrected chi connectivity index (χ0v) is 22.4. The van der Waals surface area contributed by atoms with Crippen LogP contribution in [0.15, 0.2) is 82.4 Å². The van der Waals surface area contributed by atoms with E-state index < -0.39 is 59.5 Å². The first-order valence-corrected chi connectivity index (χ1v) is 12.8. The molecule has 4 rings (SSSR count). The highest BCUT2D eigenvalue weighted by Crippen LogP contribution is 2.34. The number of hydrogen-bond donors (Lipinski definition) is 2. The van der Waals surface area contributed by atoms with Crippen LogP contribution >= 0.6 is 0 Å². The summed E-state index contributed by atoms with van der Waals surface area (Å²) >= 11 is 0. The van der Waals surface area contributed by atoms with Crippen LogP contribution < -0.4 is 21.7 Å². The van der Waals surface area contributed by atoms with Crippen LogP contribution in [0.5, 0.6) is 5.75 Å². The molecule has 1 aromatic heterocycles. The fourth-order valence-electron chi connectivity index (χ4n) is 4.75. The van der Waals surface area contributed by atoms with E-state index in [1.807, 2.05) is 0 Å². The number of nitrogens with zero attached hydrogens (tertiary/aromatic N) is 2. The number of carboxylic acids is 1. The number of hydrogen-bond acceptors (Lipinski definition) is 5. The second-order valence-electron chi connectivity index (χ2n) is 9.53. The van der Waals surface area contributed by atoms with E-state index in [4.69, 9.17) is 15.6 Å². The van der Waals surface area contributed by atoms with E-state index in [2.05, 4.69) is 0 Å². The van der Waals surface area contributed by atoms with Crippen LogP contribution in [0.25, 0.3) is 11.1 Å². The summed E-state index contributed by atoms with van der Waals surface area (Å²) < 4.78 is 63.2. The van der Waals surface area contributed by atoms with Gasteiger partial charge in [0.1, 0.15) is 11.6 Å². The maximum atomic E-state index is 14.8. The lowest BCUT2D eigenvalue weighted by molar-refractivity contribution is -0.139. The molecule has 42 heavy (non-hydrogen) atoms. The molecule has 3 N–H and O–H groups in total. The molecule has 0 saturated heterocycles. The lowest BCUT2D eigenvalue weighted by Crippen LogP contribution is -2.43. The topological polar surface area (TPSA) is 117 Å². The van der Waals surface area contributed by atoms with Gasteiger partial charge in [-0.3, -0.25) is 13.9 Å². The number of benzene rings is 3. The fourth-order valence-corrected chi connectivity index (χ4v) is 4.75. The molecule has 0 spiro atoms. The van der Waals surface area contributed by atoms with Crippen molar-refractivity contribution in [1.29, 1.82) is 0 Å². The third-order valence-electron chi connectivity index (χ3n) is 6.82. The van der Waals surface area contributed by atoms with Crippen LogP contribution in [0.3, 0.4) is 0 Å². The Bertz CT molecular complexity index is 1720. The van der Waals surface area contributed by atoms with Crippen molar-refractivity contribution in [3.63, 3.8) is 0 Å². The summed E-state index contributed by atoms with van der Waals surface area (Å²) in [6.45, 7) is -0.201. The molecule has 12 heteroatoms. The predicted octanol–water partition coefficient (Wildman–Crippen LogP) is 4.75. The van der Waals surface area contributed by atoms with Crippen molar-refractivity contribution in [3.8, 4) is 16.9 Å². The first-order valence-electron chi connectivity index (χ1n) is 12.8. The van der Waals surface area contributed by atoms with Crippen LogP contribution in [0.2, 0.25) is 0 Å². The van der Waals surface area contributed by atoms with Crippen LogP contribution in [-0.4, -0.2) is 26.8 Å². The average molecular weight is 586 g/mol. The Balaban J connectivity index is 1.80. The summed E-state index contributed by atoms with van der Waals surface area (Å²) in [4.78, 5) is 38.3. The number of aromatic nitrogens is 2. The van der Waals surface area contributed by atoms with Crippen LogP contribution in [0.4, 0.5) is 17.6 Å². The number of carbonyl (C=O) groups is 1. The molecule has 0 bridgehead atoms. The first kappa shape index (κ1) is 30.3. The van der Waals surface area contributed by atoms with Gasteiger partial charge < -0.3 is 15.6 Å². The molecule has 0 aliphatic heterocycles. The van der Waals surface area contributed by atoms with Crippen molar-refractivity contribution in [3.05, 3.63) is 122 Å². The van der Waals surface area contributed by atoms with Gasteiger partial charge in [-0.15, -0.1) is 0 Å². The summed E-state index contributed by atoms with van der Waals surface area (Å²) in [5.41, 5.74) is 3.76. The van der Waals surface area contributed by atoms with Gasteiger partial charge >= 0.3 is 17.8 Å². The summed E-state index contributed by atoms with van der Waals surface area (Å²) in [5, 5.41) is 8.95. The highest BCUT2D eigenvalue weighted by Gasteiger charge is 2.35. The smallest absolute Gasteiger partial charge is 0.416 e. The van der Waals surface area contributed by atoms with Gasteiger partial charge in [-0.05, 0) is 37.1 Å². The summed E-state index contributed by atoms with van der Waals surface area (Å²) in [7, 11) is 0. The predicted molar refractivity (Wildman–Crippen MR) is 147 cm³/mol. The number of alkyl halides is 3. The highest BCUT2D eigenvalue weighted by molar-refractivity contribution is 5.68. The zero-order chi connectivity index (χ0) is 30.6. The van der Waals surface area contributed by atoms with E-state index in [-0.39, 0.29) is 30.0 Å². The van der Waals surface area contributed by atoms with E-state index >= 15 is 0 Å². The van der Waals surface area contributed by atoms with Gasteiger partial charge in [-0.2, -0.15) is 13.2 Å². The largest absolute Gasteiger partial charge is 0.482 e. The molecular weight excluding hydrogens is 558 g/mol. The molecular formula is C30H27F4N3O5. The summed E-state index contributed by atoms with van der Waals surface area (Å²) in [6.07, 6.45) is -4.87. The van der Waals surface area contributed by atoms with Crippen LogP contribution in [0, 0.1) is 12.7 Å². The SMILES string of the molecule is Cc1c(-c2ccccc2)c(=O)n(CC[C@H](N)c2ccccc2OCC(=O)O)c(=O)n1Cc1c(F)cccc1C(F)(F)F. The van der Waals surface area contributed by atoms with Gasteiger partial charge in [-0.25, -0.2) is 14.0 Å². The van der Waals surface area contributed by atoms with E-state index in [0.29, 0.717) is 11.1 Å². The van der Waals surface area contributed by atoms with Gasteiger partial charge in [-0.1, -0.05) is 54.6 Å². The molecule has 0 radical (unpaired) electrons. The number of ether oxygens (including phenoxy) is 1.